The van der Waals surface area contributed by atoms with Crippen molar-refractivity contribution in [2.75, 3.05) is 4.90 Å². The summed E-state index contributed by atoms with van der Waals surface area (Å²) < 4.78 is 11.7. The Morgan fingerprint density at radius 1 is 0.744 bits per heavy atom. The number of hydrogen-bond acceptors (Lipinski definition) is 5. The zero-order valence-corrected chi connectivity index (χ0v) is 21.4. The summed E-state index contributed by atoms with van der Waals surface area (Å²) in [4.78, 5) is 39.6. The minimum atomic E-state index is -0.828. The molecular weight excluding hydrogens is 516 g/mol. The summed E-state index contributed by atoms with van der Waals surface area (Å²) >= 11 is 6.06. The second kappa shape index (κ2) is 11.7. The maximum atomic E-state index is 13.4. The molecule has 0 atom stereocenters. The van der Waals surface area contributed by atoms with Gasteiger partial charge in [0.25, 0.3) is 11.8 Å². The van der Waals surface area contributed by atoms with Crippen LogP contribution in [-0.2, 0) is 22.8 Å². The molecule has 4 amide bonds. The Morgan fingerprint density at radius 2 is 1.44 bits per heavy atom. The maximum absolute atomic E-state index is 13.4. The van der Waals surface area contributed by atoms with E-state index >= 15 is 0 Å². The first-order valence-electron chi connectivity index (χ1n) is 12.1. The first kappa shape index (κ1) is 25.8. The number of urea groups is 1. The zero-order chi connectivity index (χ0) is 27.2. The van der Waals surface area contributed by atoms with Gasteiger partial charge in [-0.05, 0) is 59.7 Å². The molecule has 1 aliphatic heterocycles. The molecule has 194 valence electrons. The molecule has 5 rings (SSSR count). The lowest BCUT2D eigenvalue weighted by Crippen LogP contribution is -2.54. The van der Waals surface area contributed by atoms with Gasteiger partial charge in [-0.25, -0.2) is 9.69 Å². The van der Waals surface area contributed by atoms with Gasteiger partial charge in [0.15, 0.2) is 0 Å². The first-order valence-corrected chi connectivity index (χ1v) is 12.5. The van der Waals surface area contributed by atoms with Gasteiger partial charge < -0.3 is 9.47 Å². The van der Waals surface area contributed by atoms with Crippen LogP contribution in [0.4, 0.5) is 10.5 Å². The van der Waals surface area contributed by atoms with Crippen molar-refractivity contribution in [2.24, 2.45) is 0 Å². The van der Waals surface area contributed by atoms with Gasteiger partial charge in [0.1, 0.15) is 30.3 Å². The predicted molar refractivity (Wildman–Crippen MR) is 148 cm³/mol. The summed E-state index contributed by atoms with van der Waals surface area (Å²) in [7, 11) is 0. The number of nitrogens with zero attached hydrogens (tertiary/aromatic N) is 1. The van der Waals surface area contributed by atoms with E-state index in [0.29, 0.717) is 34.4 Å². The molecule has 39 heavy (non-hydrogen) atoms. The van der Waals surface area contributed by atoms with Gasteiger partial charge in [0.2, 0.25) is 0 Å². The molecule has 1 heterocycles. The van der Waals surface area contributed by atoms with Gasteiger partial charge >= 0.3 is 6.03 Å². The summed E-state index contributed by atoms with van der Waals surface area (Å²) in [5, 5.41) is 2.84. The third-order valence-corrected chi connectivity index (χ3v) is 6.18. The van der Waals surface area contributed by atoms with E-state index in [4.69, 9.17) is 21.1 Å². The number of barbiturate groups is 1. The van der Waals surface area contributed by atoms with Gasteiger partial charge in [0.05, 0.1) is 5.69 Å². The van der Waals surface area contributed by atoms with Crippen molar-refractivity contribution in [2.45, 2.75) is 13.2 Å². The Kier molecular flexibility index (Phi) is 7.70. The van der Waals surface area contributed by atoms with Crippen LogP contribution >= 0.6 is 11.6 Å². The van der Waals surface area contributed by atoms with E-state index in [2.05, 4.69) is 5.32 Å². The number of carbonyl (C=O) groups is 3. The Morgan fingerprint density at radius 3 is 2.21 bits per heavy atom. The minimum absolute atomic E-state index is 0.196. The highest BCUT2D eigenvalue weighted by molar-refractivity contribution is 6.39. The highest BCUT2D eigenvalue weighted by Gasteiger charge is 2.37. The number of amides is 4. The smallest absolute Gasteiger partial charge is 0.335 e. The topological polar surface area (TPSA) is 84.9 Å². The fourth-order valence-electron chi connectivity index (χ4n) is 4.00. The molecule has 7 nitrogen and oxygen atoms in total. The highest BCUT2D eigenvalue weighted by Crippen LogP contribution is 2.27. The van der Waals surface area contributed by atoms with Crippen LogP contribution in [0.5, 0.6) is 11.5 Å². The van der Waals surface area contributed by atoms with E-state index in [-0.39, 0.29) is 12.2 Å². The Labute approximate surface area is 230 Å². The van der Waals surface area contributed by atoms with E-state index in [9.17, 15) is 14.4 Å². The van der Waals surface area contributed by atoms with Gasteiger partial charge in [-0.2, -0.15) is 0 Å². The maximum Gasteiger partial charge on any atom is 0.335 e. The average Bonchev–Trinajstić information content (AvgIpc) is 2.95. The van der Waals surface area contributed by atoms with Crippen LogP contribution in [0.1, 0.15) is 16.7 Å². The van der Waals surface area contributed by atoms with E-state index in [1.807, 2.05) is 42.5 Å². The van der Waals surface area contributed by atoms with Crippen LogP contribution in [0.15, 0.2) is 109 Å². The molecule has 0 saturated carbocycles. The molecule has 1 N–H and O–H groups in total. The Balaban J connectivity index is 1.34. The number of para-hydroxylation sites is 1. The summed E-state index contributed by atoms with van der Waals surface area (Å²) in [6.45, 7) is 0.619. The van der Waals surface area contributed by atoms with Crippen LogP contribution in [0, 0.1) is 0 Å². The van der Waals surface area contributed by atoms with E-state index < -0.39 is 17.8 Å². The van der Waals surface area contributed by atoms with Crippen molar-refractivity contribution in [1.29, 1.82) is 0 Å². The number of carbonyl (C=O) groups excluding carboxylic acids is 3. The van der Waals surface area contributed by atoms with Crippen molar-refractivity contribution in [3.63, 3.8) is 0 Å². The summed E-state index contributed by atoms with van der Waals surface area (Å²) in [6, 6.07) is 29.7. The lowest BCUT2D eigenvalue weighted by molar-refractivity contribution is -0.122. The number of anilines is 1. The van der Waals surface area contributed by atoms with E-state index in [1.54, 1.807) is 60.7 Å². The number of rotatable bonds is 8. The molecular formula is C31H23ClN2O5. The molecule has 4 aromatic carbocycles. The van der Waals surface area contributed by atoms with Crippen molar-refractivity contribution in [1.82, 2.24) is 5.32 Å². The molecule has 0 radical (unpaired) electrons. The monoisotopic (exact) mass is 538 g/mol. The van der Waals surface area contributed by atoms with E-state index in [0.717, 1.165) is 16.0 Å². The number of nitrogens with one attached hydrogen (secondary N) is 1. The summed E-state index contributed by atoms with van der Waals surface area (Å²) in [5.41, 5.74) is 2.49. The van der Waals surface area contributed by atoms with Crippen molar-refractivity contribution >= 4 is 41.2 Å². The Bertz CT molecular complexity index is 1550. The van der Waals surface area contributed by atoms with Crippen LogP contribution < -0.4 is 19.7 Å². The fourth-order valence-corrected chi connectivity index (χ4v) is 4.21. The van der Waals surface area contributed by atoms with Crippen molar-refractivity contribution in [3.05, 3.63) is 130 Å². The van der Waals surface area contributed by atoms with E-state index in [1.165, 1.54) is 6.08 Å². The quantitative estimate of drug-likeness (QED) is 0.214. The van der Waals surface area contributed by atoms with Crippen LogP contribution in [0.3, 0.4) is 0 Å². The third-order valence-electron chi connectivity index (χ3n) is 5.95. The second-order valence-electron chi connectivity index (χ2n) is 8.68. The van der Waals surface area contributed by atoms with Gasteiger partial charge in [-0.15, -0.1) is 0 Å². The average molecular weight is 539 g/mol. The normalized spacial score (nSPS) is 14.3. The van der Waals surface area contributed by atoms with Crippen molar-refractivity contribution < 1.29 is 23.9 Å². The van der Waals surface area contributed by atoms with Crippen molar-refractivity contribution in [3.8, 4) is 11.5 Å². The van der Waals surface area contributed by atoms with Gasteiger partial charge in [0, 0.05) is 10.6 Å². The van der Waals surface area contributed by atoms with Gasteiger partial charge in [-0.1, -0.05) is 72.3 Å². The standard InChI is InChI=1S/C31H23ClN2O5/c32-24-11-6-9-22(17-24)20-39-28-12-5-4-10-23(28)18-27-29(35)33-31(37)34(30(27)36)25-13-15-26(16-14-25)38-19-21-7-2-1-3-8-21/h1-18H,19-20H2,(H,33,35,37)/b27-18+. The molecule has 8 heteroatoms. The molecule has 1 aliphatic rings. The fraction of sp³-hybridized carbons (Fsp3) is 0.0645. The first-order chi connectivity index (χ1) is 19.0. The lowest BCUT2D eigenvalue weighted by Gasteiger charge is -2.26. The number of halogens is 1. The highest BCUT2D eigenvalue weighted by atomic mass is 35.5. The summed E-state index contributed by atoms with van der Waals surface area (Å²) in [6.07, 6.45) is 1.42. The largest absolute Gasteiger partial charge is 0.489 e. The molecule has 0 bridgehead atoms. The molecule has 0 aromatic heterocycles. The molecule has 0 spiro atoms. The summed E-state index contributed by atoms with van der Waals surface area (Å²) in [5.74, 6) is -0.487. The van der Waals surface area contributed by atoms with Crippen LogP contribution in [0.2, 0.25) is 5.02 Å². The van der Waals surface area contributed by atoms with Crippen LogP contribution in [-0.4, -0.2) is 17.8 Å². The second-order valence-corrected chi connectivity index (χ2v) is 9.12. The SMILES string of the molecule is O=C1NC(=O)N(c2ccc(OCc3ccccc3)cc2)C(=O)/C1=C/c1ccccc1OCc1cccc(Cl)c1. The minimum Gasteiger partial charge on any atom is -0.489 e. The molecule has 0 aliphatic carbocycles. The third kappa shape index (κ3) is 6.17. The predicted octanol–water partition coefficient (Wildman–Crippen LogP) is 6.16. The lowest BCUT2D eigenvalue weighted by atomic mass is 10.1. The number of ether oxygens (including phenoxy) is 2. The molecule has 1 fully saturated rings. The molecule has 1 saturated heterocycles. The molecule has 4 aromatic rings. The Hall–Kier alpha value is -4.88. The zero-order valence-electron chi connectivity index (χ0n) is 20.7. The number of imide groups is 2. The number of hydrogen-bond donors (Lipinski definition) is 1. The molecule has 0 unspecified atom stereocenters. The van der Waals surface area contributed by atoms with Crippen LogP contribution in [0.25, 0.3) is 6.08 Å². The van der Waals surface area contributed by atoms with Gasteiger partial charge in [-0.3, -0.25) is 14.9 Å². The number of benzene rings is 4.